The number of piperidine rings is 3. The normalized spacial score (nSPS) is 35.6. The molecule has 4 rings (SSSR count). The van der Waals surface area contributed by atoms with Crippen molar-refractivity contribution in [1.29, 1.82) is 0 Å². The van der Waals surface area contributed by atoms with Crippen molar-refractivity contribution in [2.24, 2.45) is 5.92 Å². The Labute approximate surface area is 120 Å². The molecule has 0 N–H and O–H groups in total. The van der Waals surface area contributed by atoms with Crippen molar-refractivity contribution in [3.8, 4) is 0 Å². The van der Waals surface area contributed by atoms with Crippen molar-refractivity contribution < 1.29 is 4.79 Å². The van der Waals surface area contributed by atoms with Gasteiger partial charge < -0.3 is 9.80 Å². The Morgan fingerprint density at radius 3 is 2.32 bits per heavy atom. The van der Waals surface area contributed by atoms with Gasteiger partial charge in [-0.05, 0) is 38.1 Å². The smallest absolute Gasteiger partial charge is 0.232 e. The molecule has 4 aliphatic rings. The van der Waals surface area contributed by atoms with Crippen LogP contribution in [0.4, 0.5) is 0 Å². The summed E-state index contributed by atoms with van der Waals surface area (Å²) in [6, 6.07) is 0.764. The van der Waals surface area contributed by atoms with E-state index in [2.05, 4.69) is 9.80 Å². The van der Waals surface area contributed by atoms with E-state index >= 15 is 0 Å². The van der Waals surface area contributed by atoms with Gasteiger partial charge in [0.1, 0.15) is 0 Å². The molecule has 0 aromatic heterocycles. The van der Waals surface area contributed by atoms with Crippen LogP contribution in [0.5, 0.6) is 0 Å². The Hall–Kier alpha value is -0.260. The van der Waals surface area contributed by atoms with Crippen LogP contribution in [0, 0.1) is 5.92 Å². The maximum absolute atomic E-state index is 11.9. The third-order valence-corrected chi connectivity index (χ3v) is 5.56. The summed E-state index contributed by atoms with van der Waals surface area (Å²) in [7, 11) is 0. The van der Waals surface area contributed by atoms with Gasteiger partial charge in [-0.25, -0.2) is 0 Å². The predicted octanol–water partition coefficient (Wildman–Crippen LogP) is 0.588. The minimum atomic E-state index is 0.320. The van der Waals surface area contributed by atoms with Crippen molar-refractivity contribution in [3.63, 3.8) is 0 Å². The van der Waals surface area contributed by atoms with Crippen LogP contribution in [-0.4, -0.2) is 84.5 Å². The van der Waals surface area contributed by atoms with E-state index in [1.165, 1.54) is 32.5 Å². The fourth-order valence-corrected chi connectivity index (χ4v) is 4.29. The average molecular weight is 283 g/mol. The van der Waals surface area contributed by atoms with Crippen LogP contribution in [-0.2, 0) is 4.79 Å². The lowest BCUT2D eigenvalue weighted by Gasteiger charge is -2.51. The number of hydrogen-bond donors (Lipinski definition) is 0. The minimum absolute atomic E-state index is 0.320. The van der Waals surface area contributed by atoms with E-state index in [0.29, 0.717) is 11.7 Å². The molecule has 0 radical (unpaired) electrons. The predicted molar refractivity (Wildman–Crippen MR) is 79.5 cm³/mol. The highest BCUT2D eigenvalue weighted by molar-refractivity contribution is 7.99. The lowest BCUT2D eigenvalue weighted by molar-refractivity contribution is -0.131. The van der Waals surface area contributed by atoms with E-state index in [9.17, 15) is 4.79 Å². The molecule has 0 unspecified atom stereocenters. The molecule has 19 heavy (non-hydrogen) atoms. The first-order valence-electron chi connectivity index (χ1n) is 7.51. The number of amides is 1. The standard InChI is InChI=1S/C14H25N3OS/c1-19-11-14(18)17-8-6-16(7-9-17)13-10-15-4-2-12(13)3-5-15/h12-13H,2-11H2,1H3/t13-/m1/s1. The van der Waals surface area contributed by atoms with Crippen LogP contribution in [0.25, 0.3) is 0 Å². The Bertz CT molecular complexity index is 323. The molecule has 5 heteroatoms. The first-order chi connectivity index (χ1) is 9.28. The molecule has 0 spiro atoms. The van der Waals surface area contributed by atoms with Gasteiger partial charge in [-0.1, -0.05) is 0 Å². The van der Waals surface area contributed by atoms with Crippen molar-refractivity contribution in [1.82, 2.24) is 14.7 Å². The van der Waals surface area contributed by atoms with Crippen molar-refractivity contribution >= 4 is 17.7 Å². The Morgan fingerprint density at radius 1 is 1.11 bits per heavy atom. The maximum atomic E-state index is 11.9. The van der Waals surface area contributed by atoms with E-state index in [1.807, 2.05) is 11.2 Å². The average Bonchev–Trinajstić information content (AvgIpc) is 2.49. The number of hydrogen-bond acceptors (Lipinski definition) is 4. The summed E-state index contributed by atoms with van der Waals surface area (Å²) < 4.78 is 0. The van der Waals surface area contributed by atoms with Gasteiger partial charge in [0, 0.05) is 38.8 Å². The van der Waals surface area contributed by atoms with E-state index in [4.69, 9.17) is 0 Å². The molecule has 0 aromatic rings. The maximum Gasteiger partial charge on any atom is 0.232 e. The molecule has 1 atom stereocenters. The van der Waals surface area contributed by atoms with Gasteiger partial charge >= 0.3 is 0 Å². The number of fused-ring (bicyclic) bond motifs is 3. The highest BCUT2D eigenvalue weighted by atomic mass is 32.2. The molecule has 0 saturated carbocycles. The number of piperazine rings is 1. The zero-order valence-corrected chi connectivity index (χ0v) is 12.7. The van der Waals surface area contributed by atoms with E-state index in [-0.39, 0.29) is 0 Å². The summed E-state index contributed by atoms with van der Waals surface area (Å²) in [6.07, 6.45) is 4.77. The third-order valence-electron chi connectivity index (χ3n) is 5.03. The van der Waals surface area contributed by atoms with Gasteiger partial charge in [0.2, 0.25) is 5.91 Å². The van der Waals surface area contributed by atoms with Crippen LogP contribution in [0.3, 0.4) is 0 Å². The van der Waals surface area contributed by atoms with Gasteiger partial charge in [-0.2, -0.15) is 11.8 Å². The van der Waals surface area contributed by atoms with Crippen LogP contribution < -0.4 is 0 Å². The Morgan fingerprint density at radius 2 is 1.79 bits per heavy atom. The van der Waals surface area contributed by atoms with Gasteiger partial charge in [-0.3, -0.25) is 9.69 Å². The fraction of sp³-hybridized carbons (Fsp3) is 0.929. The van der Waals surface area contributed by atoms with Crippen molar-refractivity contribution in [2.75, 3.05) is 57.8 Å². The monoisotopic (exact) mass is 283 g/mol. The van der Waals surface area contributed by atoms with Crippen LogP contribution >= 0.6 is 11.8 Å². The van der Waals surface area contributed by atoms with Gasteiger partial charge in [0.15, 0.2) is 0 Å². The van der Waals surface area contributed by atoms with Gasteiger partial charge in [0.25, 0.3) is 0 Å². The molecule has 0 aromatic carbocycles. The Kier molecular flexibility index (Phi) is 4.34. The molecule has 4 nitrogen and oxygen atoms in total. The SMILES string of the molecule is CSCC(=O)N1CCN([C@@H]2CN3CCC2CC3)CC1. The highest BCUT2D eigenvalue weighted by Gasteiger charge is 2.38. The molecule has 1 amide bonds. The largest absolute Gasteiger partial charge is 0.339 e. The summed E-state index contributed by atoms with van der Waals surface area (Å²) >= 11 is 1.63. The number of carbonyl (C=O) groups is 1. The lowest BCUT2D eigenvalue weighted by atomic mass is 9.83. The summed E-state index contributed by atoms with van der Waals surface area (Å²) in [5.74, 6) is 1.87. The van der Waals surface area contributed by atoms with E-state index in [1.54, 1.807) is 11.8 Å². The van der Waals surface area contributed by atoms with Gasteiger partial charge in [0.05, 0.1) is 5.75 Å². The number of nitrogens with zero attached hydrogens (tertiary/aromatic N) is 3. The molecular weight excluding hydrogens is 258 g/mol. The van der Waals surface area contributed by atoms with Gasteiger partial charge in [-0.15, -0.1) is 0 Å². The summed E-state index contributed by atoms with van der Waals surface area (Å²) in [6.45, 7) is 7.92. The molecule has 4 fully saturated rings. The number of rotatable bonds is 3. The molecule has 4 saturated heterocycles. The Balaban J connectivity index is 1.51. The van der Waals surface area contributed by atoms with E-state index < -0.39 is 0 Å². The second-order valence-electron chi connectivity index (χ2n) is 6.06. The molecule has 4 aliphatic heterocycles. The second kappa shape index (κ2) is 6.02. The molecule has 0 aliphatic carbocycles. The fourth-order valence-electron chi connectivity index (χ4n) is 3.87. The molecular formula is C14H25N3OS. The molecule has 2 bridgehead atoms. The molecule has 4 heterocycles. The zero-order chi connectivity index (χ0) is 13.2. The summed E-state index contributed by atoms with van der Waals surface area (Å²) in [4.78, 5) is 19.2. The number of thioether (sulfide) groups is 1. The lowest BCUT2D eigenvalue weighted by Crippen LogP contribution is -2.61. The van der Waals surface area contributed by atoms with Crippen LogP contribution in [0.15, 0.2) is 0 Å². The quantitative estimate of drug-likeness (QED) is 0.757. The van der Waals surface area contributed by atoms with E-state index in [0.717, 1.165) is 38.1 Å². The number of carbonyl (C=O) groups excluding carboxylic acids is 1. The minimum Gasteiger partial charge on any atom is -0.339 e. The first kappa shape index (κ1) is 13.7. The van der Waals surface area contributed by atoms with Crippen LogP contribution in [0.1, 0.15) is 12.8 Å². The molecule has 108 valence electrons. The third kappa shape index (κ3) is 2.93. The van der Waals surface area contributed by atoms with Crippen molar-refractivity contribution in [3.05, 3.63) is 0 Å². The zero-order valence-electron chi connectivity index (χ0n) is 11.9. The van der Waals surface area contributed by atoms with Crippen LogP contribution in [0.2, 0.25) is 0 Å². The second-order valence-corrected chi connectivity index (χ2v) is 6.92. The topological polar surface area (TPSA) is 26.8 Å². The highest BCUT2D eigenvalue weighted by Crippen LogP contribution is 2.31. The summed E-state index contributed by atoms with van der Waals surface area (Å²) in [5, 5.41) is 0. The van der Waals surface area contributed by atoms with Crippen molar-refractivity contribution in [2.45, 2.75) is 18.9 Å². The first-order valence-corrected chi connectivity index (χ1v) is 8.90. The summed E-state index contributed by atoms with van der Waals surface area (Å²) in [5.41, 5.74) is 0.